The molecule has 0 aromatic heterocycles. The third kappa shape index (κ3) is 5.45. The maximum Gasteiger partial charge on any atom is 0.323 e. The zero-order chi connectivity index (χ0) is 16.0. The van der Waals surface area contributed by atoms with Crippen molar-refractivity contribution >= 4 is 12.0 Å². The van der Waals surface area contributed by atoms with Gasteiger partial charge in [0.05, 0.1) is 0 Å². The second-order valence-corrected chi connectivity index (χ2v) is 6.06. The van der Waals surface area contributed by atoms with Crippen molar-refractivity contribution in [1.82, 2.24) is 10.2 Å². The highest BCUT2D eigenvalue weighted by Crippen LogP contribution is 2.13. The Morgan fingerprint density at radius 3 is 2.38 bits per heavy atom. The van der Waals surface area contributed by atoms with Crippen molar-refractivity contribution in [2.75, 3.05) is 13.1 Å². The predicted octanol–water partition coefficient (Wildman–Crippen LogP) is 2.43. The second-order valence-electron chi connectivity index (χ2n) is 6.06. The Hall–Kier alpha value is -2.04. The zero-order valence-electron chi connectivity index (χ0n) is 13.1. The summed E-state index contributed by atoms with van der Waals surface area (Å²) in [6, 6.07) is 7.66. The van der Waals surface area contributed by atoms with Crippen LogP contribution in [0.2, 0.25) is 0 Å². The molecule has 0 bridgehead atoms. The van der Waals surface area contributed by atoms with Crippen molar-refractivity contribution in [2.24, 2.45) is 0 Å². The van der Waals surface area contributed by atoms with Crippen LogP contribution < -0.4 is 5.32 Å². The molecule has 0 saturated heterocycles. The molecule has 0 radical (unpaired) electrons. The lowest BCUT2D eigenvalue weighted by Gasteiger charge is -2.34. The Morgan fingerprint density at radius 2 is 1.86 bits per heavy atom. The average molecular weight is 292 g/mol. The molecule has 0 aliphatic rings. The van der Waals surface area contributed by atoms with Gasteiger partial charge in [0.2, 0.25) is 0 Å². The van der Waals surface area contributed by atoms with Gasteiger partial charge in [-0.2, -0.15) is 0 Å². The summed E-state index contributed by atoms with van der Waals surface area (Å²) < 4.78 is 0. The number of carboxylic acids is 1. The van der Waals surface area contributed by atoms with Crippen LogP contribution in [0, 0.1) is 6.92 Å². The van der Waals surface area contributed by atoms with Crippen LogP contribution in [0.15, 0.2) is 24.3 Å². The minimum atomic E-state index is -1.01. The fraction of sp³-hybridized carbons (Fsp3) is 0.500. The van der Waals surface area contributed by atoms with Gasteiger partial charge in [-0.05, 0) is 45.2 Å². The summed E-state index contributed by atoms with van der Waals surface area (Å²) in [4.78, 5) is 24.4. The summed E-state index contributed by atoms with van der Waals surface area (Å²) in [5, 5.41) is 11.7. The smallest absolute Gasteiger partial charge is 0.323 e. The lowest BCUT2D eigenvalue weighted by atomic mass is 10.1. The summed E-state index contributed by atoms with van der Waals surface area (Å²) in [5.74, 6) is -1.01. The van der Waals surface area contributed by atoms with Crippen molar-refractivity contribution in [3.63, 3.8) is 0 Å². The molecule has 1 aromatic carbocycles. The van der Waals surface area contributed by atoms with E-state index < -0.39 is 11.5 Å². The van der Waals surface area contributed by atoms with Gasteiger partial charge in [-0.15, -0.1) is 0 Å². The number of benzene rings is 1. The van der Waals surface area contributed by atoms with E-state index in [1.54, 1.807) is 0 Å². The molecule has 0 fully saturated rings. The van der Waals surface area contributed by atoms with Crippen LogP contribution in [0.4, 0.5) is 4.79 Å². The van der Waals surface area contributed by atoms with Gasteiger partial charge in [0.25, 0.3) is 0 Å². The van der Waals surface area contributed by atoms with Crippen molar-refractivity contribution in [1.29, 1.82) is 0 Å². The Kier molecular flexibility index (Phi) is 5.76. The Balaban J connectivity index is 2.58. The second kappa shape index (κ2) is 7.11. The van der Waals surface area contributed by atoms with Crippen molar-refractivity contribution in [3.8, 4) is 0 Å². The van der Waals surface area contributed by atoms with Crippen LogP contribution in [0.25, 0.3) is 0 Å². The van der Waals surface area contributed by atoms with E-state index in [-0.39, 0.29) is 12.6 Å². The quantitative estimate of drug-likeness (QED) is 0.875. The zero-order valence-corrected chi connectivity index (χ0v) is 13.1. The summed E-state index contributed by atoms with van der Waals surface area (Å²) in [6.45, 7) is 7.66. The number of aliphatic carboxylic acids is 1. The van der Waals surface area contributed by atoms with Gasteiger partial charge in [0, 0.05) is 12.1 Å². The SMILES string of the molecule is Cc1ccccc1CCNC(=O)N(CC(=O)O)C(C)(C)C. The van der Waals surface area contributed by atoms with Crippen LogP contribution in [0.1, 0.15) is 31.9 Å². The fourth-order valence-corrected chi connectivity index (χ4v) is 2.04. The van der Waals surface area contributed by atoms with E-state index in [0.717, 1.165) is 6.42 Å². The predicted molar refractivity (Wildman–Crippen MR) is 82.4 cm³/mol. The van der Waals surface area contributed by atoms with Crippen molar-refractivity contribution in [2.45, 2.75) is 39.7 Å². The number of urea groups is 1. The molecular formula is C16H24N2O3. The van der Waals surface area contributed by atoms with Crippen LogP contribution in [0.3, 0.4) is 0 Å². The summed E-state index contributed by atoms with van der Waals surface area (Å²) >= 11 is 0. The van der Waals surface area contributed by atoms with E-state index in [1.165, 1.54) is 16.0 Å². The maximum atomic E-state index is 12.2. The molecule has 0 heterocycles. The van der Waals surface area contributed by atoms with E-state index in [9.17, 15) is 9.59 Å². The van der Waals surface area contributed by atoms with E-state index in [4.69, 9.17) is 5.11 Å². The number of hydrogen-bond acceptors (Lipinski definition) is 2. The van der Waals surface area contributed by atoms with E-state index in [2.05, 4.69) is 5.32 Å². The molecule has 0 saturated carbocycles. The molecule has 21 heavy (non-hydrogen) atoms. The first-order valence-corrected chi connectivity index (χ1v) is 7.03. The maximum absolute atomic E-state index is 12.2. The molecule has 0 spiro atoms. The highest BCUT2D eigenvalue weighted by Gasteiger charge is 2.28. The van der Waals surface area contributed by atoms with Crippen molar-refractivity contribution in [3.05, 3.63) is 35.4 Å². The summed E-state index contributed by atoms with van der Waals surface area (Å²) in [6.07, 6.45) is 0.726. The molecule has 5 nitrogen and oxygen atoms in total. The third-order valence-corrected chi connectivity index (χ3v) is 3.28. The molecule has 0 atom stereocenters. The van der Waals surface area contributed by atoms with E-state index in [0.29, 0.717) is 6.54 Å². The number of carbonyl (C=O) groups is 2. The number of nitrogens with one attached hydrogen (secondary N) is 1. The van der Waals surface area contributed by atoms with Crippen LogP contribution >= 0.6 is 0 Å². The van der Waals surface area contributed by atoms with E-state index in [1.807, 2.05) is 52.0 Å². The van der Waals surface area contributed by atoms with Crippen LogP contribution in [0.5, 0.6) is 0 Å². The lowest BCUT2D eigenvalue weighted by Crippen LogP contribution is -2.52. The summed E-state index contributed by atoms with van der Waals surface area (Å²) in [7, 11) is 0. The molecule has 0 aliphatic carbocycles. The molecule has 5 heteroatoms. The largest absolute Gasteiger partial charge is 0.480 e. The molecule has 1 rings (SSSR count). The Labute approximate surface area is 126 Å². The fourth-order valence-electron chi connectivity index (χ4n) is 2.04. The molecule has 0 unspecified atom stereocenters. The van der Waals surface area contributed by atoms with E-state index >= 15 is 0 Å². The molecule has 2 amide bonds. The average Bonchev–Trinajstić information content (AvgIpc) is 2.36. The minimum Gasteiger partial charge on any atom is -0.480 e. The number of nitrogens with zero attached hydrogens (tertiary/aromatic N) is 1. The molecule has 2 N–H and O–H groups in total. The number of carbonyl (C=O) groups excluding carboxylic acids is 1. The standard InChI is InChI=1S/C16H24N2O3/c1-12-7-5-6-8-13(12)9-10-17-15(21)18(11-14(19)20)16(2,3)4/h5-8H,9-11H2,1-4H3,(H,17,21)(H,19,20). The van der Waals surface area contributed by atoms with Gasteiger partial charge in [0.1, 0.15) is 6.54 Å². The Morgan fingerprint density at radius 1 is 1.24 bits per heavy atom. The normalized spacial score (nSPS) is 11.0. The first kappa shape index (κ1) is 17.0. The highest BCUT2D eigenvalue weighted by atomic mass is 16.4. The van der Waals surface area contributed by atoms with Crippen molar-refractivity contribution < 1.29 is 14.7 Å². The van der Waals surface area contributed by atoms with Gasteiger partial charge in [0.15, 0.2) is 0 Å². The topological polar surface area (TPSA) is 69.6 Å². The number of aryl methyl sites for hydroxylation is 1. The summed E-state index contributed by atoms with van der Waals surface area (Å²) in [5.41, 5.74) is 1.83. The van der Waals surface area contributed by atoms with Gasteiger partial charge in [-0.1, -0.05) is 24.3 Å². The lowest BCUT2D eigenvalue weighted by molar-refractivity contribution is -0.138. The molecule has 116 valence electrons. The Bertz CT molecular complexity index is 506. The number of rotatable bonds is 5. The minimum absolute atomic E-state index is 0.306. The van der Waals surface area contributed by atoms with Gasteiger partial charge in [-0.25, -0.2) is 4.79 Å². The highest BCUT2D eigenvalue weighted by molar-refractivity contribution is 5.80. The van der Waals surface area contributed by atoms with Gasteiger partial charge >= 0.3 is 12.0 Å². The van der Waals surface area contributed by atoms with Crippen LogP contribution in [-0.4, -0.2) is 40.6 Å². The third-order valence-electron chi connectivity index (χ3n) is 3.28. The molecular weight excluding hydrogens is 268 g/mol. The number of carboxylic acid groups (broad SMARTS) is 1. The number of hydrogen-bond donors (Lipinski definition) is 2. The first-order valence-electron chi connectivity index (χ1n) is 7.03. The molecule has 1 aromatic rings. The molecule has 0 aliphatic heterocycles. The van der Waals surface area contributed by atoms with Gasteiger partial charge < -0.3 is 15.3 Å². The number of amides is 2. The first-order chi connectivity index (χ1) is 9.71. The van der Waals surface area contributed by atoms with Gasteiger partial charge in [-0.3, -0.25) is 4.79 Å². The monoisotopic (exact) mass is 292 g/mol. The van der Waals surface area contributed by atoms with Crippen LogP contribution in [-0.2, 0) is 11.2 Å².